The molecule has 22 heavy (non-hydrogen) atoms. The highest BCUT2D eigenvalue weighted by molar-refractivity contribution is 7.13. The minimum Gasteiger partial charge on any atom is -0.493 e. The smallest absolute Gasteiger partial charge is 0.161 e. The average molecular weight is 332 g/mol. The molecule has 112 valence electrons. The Morgan fingerprint density at radius 1 is 0.909 bits per heavy atom. The lowest BCUT2D eigenvalue weighted by molar-refractivity contribution is 0.355. The quantitative estimate of drug-likeness (QED) is 0.662. The van der Waals surface area contributed by atoms with E-state index in [1.807, 2.05) is 47.8 Å². The van der Waals surface area contributed by atoms with Gasteiger partial charge in [-0.2, -0.15) is 0 Å². The lowest BCUT2D eigenvalue weighted by Gasteiger charge is -2.08. The summed E-state index contributed by atoms with van der Waals surface area (Å²) in [6, 6.07) is 13.5. The molecule has 0 aliphatic carbocycles. The minimum absolute atomic E-state index is 0.697. The molecule has 0 atom stereocenters. The van der Waals surface area contributed by atoms with Gasteiger partial charge in [-0.15, -0.1) is 11.3 Å². The van der Waals surface area contributed by atoms with Gasteiger partial charge in [0.05, 0.1) is 19.9 Å². The Bertz CT molecular complexity index is 784. The zero-order valence-corrected chi connectivity index (χ0v) is 13.7. The summed E-state index contributed by atoms with van der Waals surface area (Å²) in [6.45, 7) is 0. The lowest BCUT2D eigenvalue weighted by Crippen LogP contribution is -1.90. The summed E-state index contributed by atoms with van der Waals surface area (Å²) in [5.41, 5.74) is 2.99. The van der Waals surface area contributed by atoms with Gasteiger partial charge < -0.3 is 9.47 Å². The molecular formula is C17H14ClNO2S. The highest BCUT2D eigenvalue weighted by atomic mass is 35.5. The number of methoxy groups -OCH3 is 2. The molecule has 0 saturated heterocycles. The number of aromatic nitrogens is 1. The molecule has 0 spiro atoms. The first-order valence-electron chi connectivity index (χ1n) is 6.65. The maximum absolute atomic E-state index is 5.92. The molecule has 0 N–H and O–H groups in total. The van der Waals surface area contributed by atoms with E-state index in [0.717, 1.165) is 26.9 Å². The van der Waals surface area contributed by atoms with Crippen molar-refractivity contribution in [1.82, 2.24) is 4.98 Å². The molecule has 0 fully saturated rings. The van der Waals surface area contributed by atoms with Gasteiger partial charge in [-0.25, -0.2) is 4.98 Å². The topological polar surface area (TPSA) is 31.4 Å². The Balaban J connectivity index is 1.95. The van der Waals surface area contributed by atoms with E-state index >= 15 is 0 Å². The summed E-state index contributed by atoms with van der Waals surface area (Å²) in [7, 11) is 3.25. The molecule has 0 saturated carbocycles. The highest BCUT2D eigenvalue weighted by Crippen LogP contribution is 2.35. The van der Waals surface area contributed by atoms with Crippen molar-refractivity contribution >= 4 is 22.9 Å². The van der Waals surface area contributed by atoms with Gasteiger partial charge in [-0.3, -0.25) is 0 Å². The van der Waals surface area contributed by atoms with Gasteiger partial charge in [-0.05, 0) is 30.3 Å². The Hall–Kier alpha value is -2.04. The minimum atomic E-state index is 0.697. The van der Waals surface area contributed by atoms with Crippen LogP contribution in [0, 0.1) is 0 Å². The van der Waals surface area contributed by atoms with Crippen LogP contribution < -0.4 is 9.47 Å². The summed E-state index contributed by atoms with van der Waals surface area (Å²) in [6.07, 6.45) is 0. The molecule has 2 aromatic carbocycles. The fourth-order valence-corrected chi connectivity index (χ4v) is 3.08. The molecule has 1 heterocycles. The maximum atomic E-state index is 5.92. The Morgan fingerprint density at radius 2 is 1.59 bits per heavy atom. The van der Waals surface area contributed by atoms with E-state index in [1.54, 1.807) is 25.6 Å². The van der Waals surface area contributed by atoms with Crippen LogP contribution in [0.3, 0.4) is 0 Å². The average Bonchev–Trinajstić information content (AvgIpc) is 3.05. The van der Waals surface area contributed by atoms with Crippen LogP contribution in [0.5, 0.6) is 11.5 Å². The number of rotatable bonds is 4. The number of hydrogen-bond donors (Lipinski definition) is 0. The van der Waals surface area contributed by atoms with Crippen LogP contribution in [0.4, 0.5) is 0 Å². The van der Waals surface area contributed by atoms with Gasteiger partial charge >= 0.3 is 0 Å². The normalized spacial score (nSPS) is 10.5. The summed E-state index contributed by atoms with van der Waals surface area (Å²) in [4.78, 5) is 4.69. The van der Waals surface area contributed by atoms with Crippen molar-refractivity contribution in [1.29, 1.82) is 0 Å². The molecule has 0 radical (unpaired) electrons. The summed E-state index contributed by atoms with van der Waals surface area (Å²) >= 11 is 7.51. The number of benzene rings is 2. The molecule has 0 bridgehead atoms. The first kappa shape index (κ1) is 14.9. The lowest BCUT2D eigenvalue weighted by atomic mass is 10.2. The summed E-state index contributed by atoms with van der Waals surface area (Å²) in [5.74, 6) is 1.41. The molecule has 3 aromatic rings. The van der Waals surface area contributed by atoms with Crippen LogP contribution in [-0.4, -0.2) is 19.2 Å². The Labute approximate surface area is 138 Å². The molecule has 0 aliphatic rings. The van der Waals surface area contributed by atoms with Crippen LogP contribution in [0.25, 0.3) is 21.8 Å². The van der Waals surface area contributed by atoms with Crippen molar-refractivity contribution in [3.05, 3.63) is 52.9 Å². The standard InChI is InChI=1S/C17H14ClNO2S/c1-20-15-8-5-12(9-16(15)21-2)17-19-14(10-22-17)11-3-6-13(18)7-4-11/h3-10H,1-2H3. The Kier molecular flexibility index (Phi) is 4.32. The zero-order chi connectivity index (χ0) is 15.5. The Morgan fingerprint density at radius 3 is 2.27 bits per heavy atom. The van der Waals surface area contributed by atoms with E-state index in [1.165, 1.54) is 0 Å². The van der Waals surface area contributed by atoms with Gasteiger partial charge in [0, 0.05) is 21.5 Å². The molecule has 5 heteroatoms. The van der Waals surface area contributed by atoms with Crippen LogP contribution in [0.15, 0.2) is 47.8 Å². The number of ether oxygens (including phenoxy) is 2. The van der Waals surface area contributed by atoms with E-state index < -0.39 is 0 Å². The molecule has 0 aliphatic heterocycles. The number of hydrogen-bond acceptors (Lipinski definition) is 4. The van der Waals surface area contributed by atoms with Crippen LogP contribution in [0.1, 0.15) is 0 Å². The third kappa shape index (κ3) is 2.93. The van der Waals surface area contributed by atoms with Crippen molar-refractivity contribution < 1.29 is 9.47 Å². The van der Waals surface area contributed by atoms with Gasteiger partial charge in [0.25, 0.3) is 0 Å². The maximum Gasteiger partial charge on any atom is 0.161 e. The summed E-state index contributed by atoms with van der Waals surface area (Å²) < 4.78 is 10.6. The second kappa shape index (κ2) is 6.38. The van der Waals surface area contributed by atoms with Crippen LogP contribution in [0.2, 0.25) is 5.02 Å². The number of nitrogens with zero attached hydrogens (tertiary/aromatic N) is 1. The molecule has 1 aromatic heterocycles. The third-order valence-corrected chi connectivity index (χ3v) is 4.42. The van der Waals surface area contributed by atoms with E-state index in [0.29, 0.717) is 11.5 Å². The van der Waals surface area contributed by atoms with Crippen LogP contribution in [-0.2, 0) is 0 Å². The molecule has 0 amide bonds. The van der Waals surface area contributed by atoms with Crippen LogP contribution >= 0.6 is 22.9 Å². The zero-order valence-electron chi connectivity index (χ0n) is 12.2. The second-order valence-corrected chi connectivity index (χ2v) is 5.91. The van der Waals surface area contributed by atoms with E-state index in [2.05, 4.69) is 0 Å². The fourth-order valence-electron chi connectivity index (χ4n) is 2.13. The number of halogens is 1. The van der Waals surface area contributed by atoms with Gasteiger partial charge in [-0.1, -0.05) is 23.7 Å². The number of thiazole rings is 1. The van der Waals surface area contributed by atoms with Crippen molar-refractivity contribution in [2.24, 2.45) is 0 Å². The molecule has 3 nitrogen and oxygen atoms in total. The van der Waals surface area contributed by atoms with Crippen molar-refractivity contribution in [3.8, 4) is 33.3 Å². The second-order valence-electron chi connectivity index (χ2n) is 4.61. The van der Waals surface area contributed by atoms with E-state index in [-0.39, 0.29) is 0 Å². The first-order valence-corrected chi connectivity index (χ1v) is 7.91. The fraction of sp³-hybridized carbons (Fsp3) is 0.118. The molecular weight excluding hydrogens is 318 g/mol. The van der Waals surface area contributed by atoms with Crippen molar-refractivity contribution in [2.45, 2.75) is 0 Å². The van der Waals surface area contributed by atoms with Gasteiger partial charge in [0.2, 0.25) is 0 Å². The molecule has 0 unspecified atom stereocenters. The third-order valence-electron chi connectivity index (χ3n) is 3.27. The first-order chi connectivity index (χ1) is 10.7. The van der Waals surface area contributed by atoms with Crippen molar-refractivity contribution in [3.63, 3.8) is 0 Å². The predicted octanol–water partition coefficient (Wildman–Crippen LogP) is 5.15. The summed E-state index contributed by atoms with van der Waals surface area (Å²) in [5, 5.41) is 3.69. The SMILES string of the molecule is COc1ccc(-c2nc(-c3ccc(Cl)cc3)cs2)cc1OC. The van der Waals surface area contributed by atoms with Gasteiger partial charge in [0.15, 0.2) is 11.5 Å². The highest BCUT2D eigenvalue weighted by Gasteiger charge is 2.10. The van der Waals surface area contributed by atoms with Crippen molar-refractivity contribution in [2.75, 3.05) is 14.2 Å². The monoisotopic (exact) mass is 331 g/mol. The van der Waals surface area contributed by atoms with E-state index in [9.17, 15) is 0 Å². The predicted molar refractivity (Wildman–Crippen MR) is 91.1 cm³/mol. The molecule has 3 rings (SSSR count). The largest absolute Gasteiger partial charge is 0.493 e. The van der Waals surface area contributed by atoms with E-state index in [4.69, 9.17) is 26.1 Å². The van der Waals surface area contributed by atoms with Gasteiger partial charge in [0.1, 0.15) is 5.01 Å².